The van der Waals surface area contributed by atoms with Crippen molar-refractivity contribution < 1.29 is 23.1 Å². The maximum atomic E-state index is 12.7. The number of alkyl halides is 3. The SMILES string of the molecule is CC(C=CC1=C(C)CCCC1(C)C)=C/C=C\C(=CC(=O)O)C(F)(F)F. The highest BCUT2D eigenvalue weighted by Crippen LogP contribution is 2.40. The molecule has 2 nitrogen and oxygen atoms in total. The topological polar surface area (TPSA) is 37.3 Å². The second kappa shape index (κ2) is 8.37. The largest absolute Gasteiger partial charge is 0.478 e. The van der Waals surface area contributed by atoms with Crippen LogP contribution in [0.15, 0.2) is 58.7 Å². The maximum Gasteiger partial charge on any atom is 0.416 e. The second-order valence-electron chi connectivity index (χ2n) is 6.97. The van der Waals surface area contributed by atoms with E-state index in [4.69, 9.17) is 5.11 Å². The molecule has 5 heteroatoms. The molecule has 0 spiro atoms. The summed E-state index contributed by atoms with van der Waals surface area (Å²) in [5.74, 6) is -1.63. The monoisotopic (exact) mass is 354 g/mol. The fourth-order valence-electron chi connectivity index (χ4n) is 2.94. The highest BCUT2D eigenvalue weighted by Gasteiger charge is 2.32. The standard InChI is InChI=1S/C20H25F3O2/c1-14(7-5-9-16(13-18(24)25)20(21,22)23)10-11-17-15(2)8-6-12-19(17,3)4/h5,7,9-11,13H,6,8,12H2,1-4H3,(H,24,25)/b9-5-,11-10?,14-7?,16-13?. The molecule has 0 fully saturated rings. The van der Waals surface area contributed by atoms with Gasteiger partial charge in [0.25, 0.3) is 0 Å². The van der Waals surface area contributed by atoms with E-state index < -0.39 is 17.7 Å². The molecule has 0 saturated carbocycles. The Labute approximate surface area is 147 Å². The summed E-state index contributed by atoms with van der Waals surface area (Å²) in [7, 11) is 0. The van der Waals surface area contributed by atoms with E-state index in [1.54, 1.807) is 6.92 Å². The first kappa shape index (κ1) is 21.0. The highest BCUT2D eigenvalue weighted by molar-refractivity contribution is 5.81. The Morgan fingerprint density at radius 3 is 2.40 bits per heavy atom. The van der Waals surface area contributed by atoms with E-state index in [1.807, 2.05) is 12.2 Å². The van der Waals surface area contributed by atoms with Gasteiger partial charge in [0.15, 0.2) is 0 Å². The minimum absolute atomic E-state index is 0.0998. The van der Waals surface area contributed by atoms with Crippen LogP contribution in [0.4, 0.5) is 13.2 Å². The van der Waals surface area contributed by atoms with Crippen LogP contribution in [0.1, 0.15) is 47.0 Å². The van der Waals surface area contributed by atoms with Gasteiger partial charge in [0, 0.05) is 6.08 Å². The number of halogens is 3. The normalized spacial score (nSPS) is 20.0. The number of carboxylic acid groups (broad SMARTS) is 1. The third kappa shape index (κ3) is 6.77. The number of carboxylic acids is 1. The zero-order valence-corrected chi connectivity index (χ0v) is 15.1. The number of rotatable bonds is 5. The molecular weight excluding hydrogens is 329 g/mol. The third-order valence-corrected chi connectivity index (χ3v) is 4.30. The first-order chi connectivity index (χ1) is 11.4. The molecule has 0 heterocycles. The molecule has 0 aromatic rings. The zero-order chi connectivity index (χ0) is 19.3. The van der Waals surface area contributed by atoms with Gasteiger partial charge >= 0.3 is 12.1 Å². The molecular formula is C20H25F3O2. The molecule has 0 amide bonds. The first-order valence-electron chi connectivity index (χ1n) is 8.18. The third-order valence-electron chi connectivity index (χ3n) is 4.30. The molecule has 0 aliphatic heterocycles. The lowest BCUT2D eigenvalue weighted by Crippen LogP contribution is -2.19. The van der Waals surface area contributed by atoms with Crippen molar-refractivity contribution in [1.82, 2.24) is 0 Å². The molecule has 0 atom stereocenters. The van der Waals surface area contributed by atoms with Crippen LogP contribution in [0.25, 0.3) is 0 Å². The minimum Gasteiger partial charge on any atom is -0.478 e. The average Bonchev–Trinajstić information content (AvgIpc) is 2.43. The van der Waals surface area contributed by atoms with Crippen LogP contribution < -0.4 is 0 Å². The number of aliphatic carboxylic acids is 1. The second-order valence-corrected chi connectivity index (χ2v) is 6.97. The van der Waals surface area contributed by atoms with E-state index in [9.17, 15) is 18.0 Å². The Morgan fingerprint density at radius 1 is 1.24 bits per heavy atom. The van der Waals surface area contributed by atoms with Crippen molar-refractivity contribution in [2.75, 3.05) is 0 Å². The lowest BCUT2D eigenvalue weighted by Gasteiger charge is -2.32. The number of hydrogen-bond acceptors (Lipinski definition) is 1. The summed E-state index contributed by atoms with van der Waals surface area (Å²) in [6.07, 6.45) is 6.25. The minimum atomic E-state index is -4.69. The van der Waals surface area contributed by atoms with E-state index in [2.05, 4.69) is 20.8 Å². The number of hydrogen-bond donors (Lipinski definition) is 1. The fraction of sp³-hybridized carbons (Fsp3) is 0.450. The smallest absolute Gasteiger partial charge is 0.416 e. The molecule has 1 aliphatic rings. The van der Waals surface area contributed by atoms with Crippen LogP contribution in [-0.4, -0.2) is 17.3 Å². The molecule has 0 unspecified atom stereocenters. The van der Waals surface area contributed by atoms with Crippen LogP contribution in [0, 0.1) is 5.41 Å². The van der Waals surface area contributed by atoms with Gasteiger partial charge in [-0.05, 0) is 50.2 Å². The summed E-state index contributed by atoms with van der Waals surface area (Å²) in [4.78, 5) is 10.5. The first-order valence-corrected chi connectivity index (χ1v) is 8.18. The summed E-state index contributed by atoms with van der Waals surface area (Å²) in [6, 6.07) is 0. The molecule has 0 aromatic heterocycles. The lowest BCUT2D eigenvalue weighted by molar-refractivity contribution is -0.132. The van der Waals surface area contributed by atoms with Gasteiger partial charge in [-0.3, -0.25) is 0 Å². The zero-order valence-electron chi connectivity index (χ0n) is 15.1. The van der Waals surface area contributed by atoms with E-state index in [0.29, 0.717) is 0 Å². The average molecular weight is 354 g/mol. The Morgan fingerprint density at radius 2 is 1.88 bits per heavy atom. The predicted molar refractivity (Wildman–Crippen MR) is 94.1 cm³/mol. The van der Waals surface area contributed by atoms with Crippen LogP contribution in [0.5, 0.6) is 0 Å². The van der Waals surface area contributed by atoms with E-state index in [0.717, 1.165) is 24.5 Å². The summed E-state index contributed by atoms with van der Waals surface area (Å²) in [6.45, 7) is 8.30. The Kier molecular flexibility index (Phi) is 7.03. The highest BCUT2D eigenvalue weighted by atomic mass is 19.4. The molecule has 0 bridgehead atoms. The summed E-state index contributed by atoms with van der Waals surface area (Å²) in [5.41, 5.74) is 2.31. The summed E-state index contributed by atoms with van der Waals surface area (Å²) in [5, 5.41) is 8.52. The Bertz CT molecular complexity index is 657. The van der Waals surface area contributed by atoms with Crippen molar-refractivity contribution in [3.8, 4) is 0 Å². The molecule has 1 rings (SSSR count). The number of allylic oxidation sites excluding steroid dienone is 9. The molecule has 138 valence electrons. The predicted octanol–water partition coefficient (Wildman–Crippen LogP) is 6.15. The molecule has 25 heavy (non-hydrogen) atoms. The molecule has 0 aromatic carbocycles. The Hall–Kier alpha value is -2.04. The van der Waals surface area contributed by atoms with E-state index in [-0.39, 0.29) is 11.5 Å². The molecule has 0 radical (unpaired) electrons. The van der Waals surface area contributed by atoms with Crippen molar-refractivity contribution in [3.05, 3.63) is 58.7 Å². The van der Waals surface area contributed by atoms with Gasteiger partial charge in [0.1, 0.15) is 0 Å². The van der Waals surface area contributed by atoms with E-state index >= 15 is 0 Å². The van der Waals surface area contributed by atoms with Crippen molar-refractivity contribution >= 4 is 5.97 Å². The van der Waals surface area contributed by atoms with Crippen LogP contribution >= 0.6 is 0 Å². The van der Waals surface area contributed by atoms with Crippen molar-refractivity contribution in [1.29, 1.82) is 0 Å². The quantitative estimate of drug-likeness (QED) is 0.475. The van der Waals surface area contributed by atoms with Crippen LogP contribution in [0.2, 0.25) is 0 Å². The van der Waals surface area contributed by atoms with Gasteiger partial charge < -0.3 is 5.11 Å². The molecule has 0 saturated heterocycles. The van der Waals surface area contributed by atoms with Crippen LogP contribution in [-0.2, 0) is 4.79 Å². The summed E-state index contributed by atoms with van der Waals surface area (Å²) < 4.78 is 38.1. The van der Waals surface area contributed by atoms with Gasteiger partial charge in [0.05, 0.1) is 5.57 Å². The fourth-order valence-corrected chi connectivity index (χ4v) is 2.94. The Balaban J connectivity index is 2.93. The van der Waals surface area contributed by atoms with Crippen molar-refractivity contribution in [3.63, 3.8) is 0 Å². The van der Waals surface area contributed by atoms with E-state index in [1.165, 1.54) is 29.7 Å². The van der Waals surface area contributed by atoms with Gasteiger partial charge in [-0.1, -0.05) is 49.3 Å². The van der Waals surface area contributed by atoms with Gasteiger partial charge in [-0.2, -0.15) is 13.2 Å². The number of carbonyl (C=O) groups is 1. The van der Waals surface area contributed by atoms with Crippen LogP contribution in [0.3, 0.4) is 0 Å². The van der Waals surface area contributed by atoms with Gasteiger partial charge in [-0.15, -0.1) is 0 Å². The van der Waals surface area contributed by atoms with Gasteiger partial charge in [-0.25, -0.2) is 4.79 Å². The molecule has 1 N–H and O–H groups in total. The van der Waals surface area contributed by atoms with Gasteiger partial charge in [0.2, 0.25) is 0 Å². The summed E-state index contributed by atoms with van der Waals surface area (Å²) >= 11 is 0. The van der Waals surface area contributed by atoms with Crippen molar-refractivity contribution in [2.45, 2.75) is 53.1 Å². The molecule has 1 aliphatic carbocycles. The van der Waals surface area contributed by atoms with Crippen molar-refractivity contribution in [2.24, 2.45) is 5.41 Å². The maximum absolute atomic E-state index is 12.7. The lowest BCUT2D eigenvalue weighted by atomic mass is 9.72.